The number of aliphatic hydroxyl groups excluding tert-OH is 1. The number of aromatic nitrogens is 1. The molecular formula is C12H20N2OS. The van der Waals surface area contributed by atoms with E-state index >= 15 is 0 Å². The van der Waals surface area contributed by atoms with Crippen LogP contribution >= 0.6 is 11.8 Å². The quantitative estimate of drug-likeness (QED) is 0.857. The van der Waals surface area contributed by atoms with Crippen molar-refractivity contribution in [2.24, 2.45) is 0 Å². The van der Waals surface area contributed by atoms with Gasteiger partial charge in [-0.2, -0.15) is 11.8 Å². The third-order valence-corrected chi connectivity index (χ3v) is 3.49. The molecule has 0 saturated heterocycles. The van der Waals surface area contributed by atoms with Gasteiger partial charge in [0, 0.05) is 30.6 Å². The molecule has 1 rings (SSSR count). The normalized spacial score (nSPS) is 14.6. The van der Waals surface area contributed by atoms with Crippen molar-refractivity contribution < 1.29 is 5.11 Å². The predicted molar refractivity (Wildman–Crippen MR) is 71.1 cm³/mol. The maximum absolute atomic E-state index is 9.69. The Morgan fingerprint density at radius 2 is 2.19 bits per heavy atom. The minimum atomic E-state index is -0.479. The number of aliphatic hydroxyl groups is 1. The molecule has 0 aliphatic carbocycles. The molecular weight excluding hydrogens is 220 g/mol. The van der Waals surface area contributed by atoms with Crippen LogP contribution in [0.15, 0.2) is 18.3 Å². The van der Waals surface area contributed by atoms with Crippen LogP contribution in [0.2, 0.25) is 0 Å². The van der Waals surface area contributed by atoms with Crippen LogP contribution in [0.3, 0.4) is 0 Å². The number of hydrogen-bond acceptors (Lipinski definition) is 4. The van der Waals surface area contributed by atoms with E-state index in [-0.39, 0.29) is 0 Å². The van der Waals surface area contributed by atoms with E-state index in [1.54, 1.807) is 13.1 Å². The van der Waals surface area contributed by atoms with Gasteiger partial charge in [0.05, 0.1) is 6.10 Å². The van der Waals surface area contributed by atoms with Crippen molar-refractivity contribution in [3.05, 3.63) is 23.9 Å². The Hall–Kier alpha value is -0.740. The highest BCUT2D eigenvalue weighted by Crippen LogP contribution is 2.24. The molecule has 0 spiro atoms. The van der Waals surface area contributed by atoms with Gasteiger partial charge in [0.15, 0.2) is 0 Å². The summed E-state index contributed by atoms with van der Waals surface area (Å²) in [5.41, 5.74) is 0.887. The number of anilines is 1. The SMILES string of the molecule is CSCC(C)N(C)c1ncccc1[C@H](C)O. The number of pyridine rings is 1. The zero-order valence-corrected chi connectivity index (χ0v) is 11.2. The van der Waals surface area contributed by atoms with Gasteiger partial charge in [-0.05, 0) is 26.2 Å². The molecule has 1 N–H and O–H groups in total. The van der Waals surface area contributed by atoms with Crippen molar-refractivity contribution >= 4 is 17.6 Å². The summed E-state index contributed by atoms with van der Waals surface area (Å²) in [6, 6.07) is 4.19. The smallest absolute Gasteiger partial charge is 0.134 e. The number of rotatable bonds is 5. The Labute approximate surface area is 102 Å². The Kier molecular flexibility index (Phi) is 5.09. The second kappa shape index (κ2) is 6.11. The van der Waals surface area contributed by atoms with Gasteiger partial charge in [-0.25, -0.2) is 4.98 Å². The summed E-state index contributed by atoms with van der Waals surface area (Å²) in [7, 11) is 2.02. The summed E-state index contributed by atoms with van der Waals surface area (Å²) < 4.78 is 0. The molecule has 1 aromatic heterocycles. The number of thioether (sulfide) groups is 1. The average molecular weight is 240 g/mol. The number of nitrogens with zero attached hydrogens (tertiary/aromatic N) is 2. The van der Waals surface area contributed by atoms with Crippen molar-refractivity contribution in [1.82, 2.24) is 4.98 Å². The molecule has 16 heavy (non-hydrogen) atoms. The molecule has 1 unspecified atom stereocenters. The zero-order chi connectivity index (χ0) is 12.1. The maximum Gasteiger partial charge on any atom is 0.134 e. The van der Waals surface area contributed by atoms with E-state index in [1.165, 1.54) is 0 Å². The maximum atomic E-state index is 9.69. The van der Waals surface area contributed by atoms with Gasteiger partial charge >= 0.3 is 0 Å². The monoisotopic (exact) mass is 240 g/mol. The molecule has 4 heteroatoms. The van der Waals surface area contributed by atoms with Crippen molar-refractivity contribution in [2.45, 2.75) is 26.0 Å². The minimum Gasteiger partial charge on any atom is -0.389 e. The minimum absolute atomic E-state index is 0.405. The molecule has 0 aromatic carbocycles. The van der Waals surface area contributed by atoms with Crippen molar-refractivity contribution in [1.29, 1.82) is 0 Å². The molecule has 0 aliphatic rings. The summed E-state index contributed by atoms with van der Waals surface area (Å²) in [5, 5.41) is 9.69. The highest BCUT2D eigenvalue weighted by Gasteiger charge is 2.16. The van der Waals surface area contributed by atoms with Crippen molar-refractivity contribution in [3.8, 4) is 0 Å². The molecule has 0 bridgehead atoms. The van der Waals surface area contributed by atoms with Gasteiger partial charge in [-0.3, -0.25) is 0 Å². The van der Waals surface area contributed by atoms with Gasteiger partial charge in [-0.1, -0.05) is 6.07 Å². The Morgan fingerprint density at radius 1 is 1.50 bits per heavy atom. The van der Waals surface area contributed by atoms with Gasteiger partial charge in [0.1, 0.15) is 5.82 Å². The Morgan fingerprint density at radius 3 is 2.75 bits per heavy atom. The first-order chi connectivity index (χ1) is 7.57. The van der Waals surface area contributed by atoms with Crippen LogP contribution in [0, 0.1) is 0 Å². The fourth-order valence-corrected chi connectivity index (χ4v) is 2.30. The lowest BCUT2D eigenvalue weighted by Gasteiger charge is -2.27. The molecule has 1 aromatic rings. The molecule has 90 valence electrons. The third-order valence-electron chi connectivity index (χ3n) is 2.67. The van der Waals surface area contributed by atoms with Gasteiger partial charge < -0.3 is 10.0 Å². The summed E-state index contributed by atoms with van der Waals surface area (Å²) in [6.07, 6.45) is 3.38. The molecule has 0 fully saturated rings. The van der Waals surface area contributed by atoms with E-state index in [0.29, 0.717) is 6.04 Å². The van der Waals surface area contributed by atoms with Crippen LogP contribution in [0.4, 0.5) is 5.82 Å². The zero-order valence-electron chi connectivity index (χ0n) is 10.3. The van der Waals surface area contributed by atoms with E-state index in [1.807, 2.05) is 30.9 Å². The second-order valence-electron chi connectivity index (χ2n) is 4.01. The molecule has 2 atom stereocenters. The fourth-order valence-electron chi connectivity index (χ4n) is 1.59. The standard InChI is InChI=1S/C12H20N2OS/c1-9(8-16-4)14(3)12-11(10(2)15)6-5-7-13-12/h5-7,9-10,15H,8H2,1-4H3/t9?,10-/m0/s1. The highest BCUT2D eigenvalue weighted by atomic mass is 32.2. The molecule has 0 amide bonds. The van der Waals surface area contributed by atoms with Crippen LogP contribution in [0.1, 0.15) is 25.5 Å². The lowest BCUT2D eigenvalue weighted by Crippen LogP contribution is -2.32. The highest BCUT2D eigenvalue weighted by molar-refractivity contribution is 7.98. The topological polar surface area (TPSA) is 36.4 Å². The van der Waals surface area contributed by atoms with Gasteiger partial charge in [0.25, 0.3) is 0 Å². The Balaban J connectivity index is 2.93. The molecule has 1 heterocycles. The van der Waals surface area contributed by atoms with Crippen LogP contribution in [-0.4, -0.2) is 35.2 Å². The second-order valence-corrected chi connectivity index (χ2v) is 4.92. The van der Waals surface area contributed by atoms with E-state index < -0.39 is 6.10 Å². The lowest BCUT2D eigenvalue weighted by atomic mass is 10.1. The summed E-state index contributed by atoms with van der Waals surface area (Å²) >= 11 is 1.82. The van der Waals surface area contributed by atoms with Crippen LogP contribution < -0.4 is 4.90 Å². The van der Waals surface area contributed by atoms with Crippen LogP contribution in [0.5, 0.6) is 0 Å². The average Bonchev–Trinajstić information content (AvgIpc) is 2.28. The van der Waals surface area contributed by atoms with Crippen molar-refractivity contribution in [3.63, 3.8) is 0 Å². The molecule has 0 radical (unpaired) electrons. The van der Waals surface area contributed by atoms with Gasteiger partial charge in [0.2, 0.25) is 0 Å². The van der Waals surface area contributed by atoms with Crippen LogP contribution in [-0.2, 0) is 0 Å². The lowest BCUT2D eigenvalue weighted by molar-refractivity contribution is 0.199. The Bertz CT molecular complexity index is 331. The molecule has 3 nitrogen and oxygen atoms in total. The van der Waals surface area contributed by atoms with E-state index in [9.17, 15) is 5.11 Å². The van der Waals surface area contributed by atoms with Crippen molar-refractivity contribution in [2.75, 3.05) is 24.0 Å². The first-order valence-corrected chi connectivity index (χ1v) is 6.82. The first-order valence-electron chi connectivity index (χ1n) is 5.42. The van der Waals surface area contributed by atoms with E-state index in [4.69, 9.17) is 0 Å². The summed E-state index contributed by atoms with van der Waals surface area (Å²) in [6.45, 7) is 3.94. The summed E-state index contributed by atoms with van der Waals surface area (Å²) in [5.74, 6) is 1.92. The number of hydrogen-bond donors (Lipinski definition) is 1. The molecule has 0 aliphatic heterocycles. The largest absolute Gasteiger partial charge is 0.389 e. The van der Waals surface area contributed by atoms with Gasteiger partial charge in [-0.15, -0.1) is 0 Å². The first kappa shape index (κ1) is 13.3. The third kappa shape index (κ3) is 3.12. The van der Waals surface area contributed by atoms with E-state index in [0.717, 1.165) is 17.1 Å². The summed E-state index contributed by atoms with van der Waals surface area (Å²) in [4.78, 5) is 6.48. The fraction of sp³-hybridized carbons (Fsp3) is 0.583. The predicted octanol–water partition coefficient (Wildman–Crippen LogP) is 2.32. The molecule has 0 saturated carbocycles. The van der Waals surface area contributed by atoms with Crippen LogP contribution in [0.25, 0.3) is 0 Å². The van der Waals surface area contributed by atoms with E-state index in [2.05, 4.69) is 23.1 Å².